The van der Waals surface area contributed by atoms with Gasteiger partial charge in [0.2, 0.25) is 5.91 Å². The smallest absolute Gasteiger partial charge is 0.248 e. The van der Waals surface area contributed by atoms with Crippen LogP contribution in [0.15, 0.2) is 48.7 Å². The first kappa shape index (κ1) is 12.3. The standard InChI is InChI=1S/C15H15N2O/c16-15(18)14-10-2-1-6-12(14)7-5-9-13-8-3-4-11-17-13/h1-6,8,10-11H,7,9H2,(H2,16,18). The van der Waals surface area contributed by atoms with E-state index in [9.17, 15) is 4.79 Å². The van der Waals surface area contributed by atoms with Gasteiger partial charge in [-0.3, -0.25) is 9.78 Å². The summed E-state index contributed by atoms with van der Waals surface area (Å²) in [5.41, 5.74) is 7.91. The molecule has 0 bridgehead atoms. The number of benzene rings is 1. The number of primary amides is 1. The molecule has 0 saturated heterocycles. The fourth-order valence-corrected chi connectivity index (χ4v) is 1.83. The second kappa shape index (κ2) is 5.96. The lowest BCUT2D eigenvalue weighted by Crippen LogP contribution is -2.13. The highest BCUT2D eigenvalue weighted by Crippen LogP contribution is 2.11. The van der Waals surface area contributed by atoms with Gasteiger partial charge in [-0.2, -0.15) is 0 Å². The Bertz CT molecular complexity index is 523. The fourth-order valence-electron chi connectivity index (χ4n) is 1.83. The van der Waals surface area contributed by atoms with Crippen molar-refractivity contribution in [2.24, 2.45) is 5.73 Å². The minimum Gasteiger partial charge on any atom is -0.366 e. The molecule has 2 rings (SSSR count). The highest BCUT2D eigenvalue weighted by Gasteiger charge is 2.06. The second-order valence-electron chi connectivity index (χ2n) is 4.04. The fraction of sp³-hybridized carbons (Fsp3) is 0.133. The molecule has 0 aliphatic carbocycles. The van der Waals surface area contributed by atoms with Crippen LogP contribution in [0.1, 0.15) is 21.6 Å². The third-order valence-electron chi connectivity index (χ3n) is 2.73. The molecule has 0 spiro atoms. The van der Waals surface area contributed by atoms with E-state index in [2.05, 4.69) is 11.4 Å². The Morgan fingerprint density at radius 1 is 1.11 bits per heavy atom. The summed E-state index contributed by atoms with van der Waals surface area (Å²) < 4.78 is 0. The minimum atomic E-state index is -0.378. The highest BCUT2D eigenvalue weighted by atomic mass is 16.1. The number of amides is 1. The first-order chi connectivity index (χ1) is 8.77. The van der Waals surface area contributed by atoms with Crippen LogP contribution >= 0.6 is 0 Å². The van der Waals surface area contributed by atoms with E-state index >= 15 is 0 Å². The van der Waals surface area contributed by atoms with E-state index in [1.807, 2.05) is 36.4 Å². The molecule has 0 saturated carbocycles. The van der Waals surface area contributed by atoms with Crippen molar-refractivity contribution in [1.82, 2.24) is 4.98 Å². The normalized spacial score (nSPS) is 10.2. The topological polar surface area (TPSA) is 56.0 Å². The number of carbonyl (C=O) groups excluding carboxylic acids is 1. The van der Waals surface area contributed by atoms with Crippen LogP contribution in [-0.4, -0.2) is 10.9 Å². The van der Waals surface area contributed by atoms with E-state index < -0.39 is 0 Å². The minimum absolute atomic E-state index is 0.378. The zero-order valence-electron chi connectivity index (χ0n) is 10.0. The van der Waals surface area contributed by atoms with Crippen LogP contribution in [0.4, 0.5) is 0 Å². The van der Waals surface area contributed by atoms with Crippen LogP contribution in [0.2, 0.25) is 0 Å². The molecular weight excluding hydrogens is 224 g/mol. The van der Waals surface area contributed by atoms with Gasteiger partial charge in [0.15, 0.2) is 0 Å². The number of hydrogen-bond donors (Lipinski definition) is 1. The van der Waals surface area contributed by atoms with Gasteiger partial charge in [0.25, 0.3) is 0 Å². The molecule has 1 aromatic heterocycles. The average Bonchev–Trinajstić information content (AvgIpc) is 2.40. The largest absolute Gasteiger partial charge is 0.366 e. The maximum Gasteiger partial charge on any atom is 0.248 e. The molecular formula is C15H15N2O. The zero-order chi connectivity index (χ0) is 12.8. The molecule has 2 N–H and O–H groups in total. The summed E-state index contributed by atoms with van der Waals surface area (Å²) in [5, 5.41) is 0. The number of hydrogen-bond acceptors (Lipinski definition) is 2. The number of carbonyl (C=O) groups is 1. The highest BCUT2D eigenvalue weighted by molar-refractivity contribution is 5.94. The van der Waals surface area contributed by atoms with Crippen molar-refractivity contribution in [3.63, 3.8) is 0 Å². The Labute approximate surface area is 107 Å². The van der Waals surface area contributed by atoms with Gasteiger partial charge in [0.05, 0.1) is 0 Å². The van der Waals surface area contributed by atoms with Crippen molar-refractivity contribution in [2.45, 2.75) is 12.8 Å². The molecule has 1 aromatic carbocycles. The van der Waals surface area contributed by atoms with E-state index in [1.54, 1.807) is 12.3 Å². The Morgan fingerprint density at radius 2 is 1.89 bits per heavy atom. The van der Waals surface area contributed by atoms with E-state index in [0.29, 0.717) is 5.56 Å². The van der Waals surface area contributed by atoms with E-state index in [4.69, 9.17) is 5.73 Å². The Morgan fingerprint density at radius 3 is 2.61 bits per heavy atom. The van der Waals surface area contributed by atoms with Crippen molar-refractivity contribution in [2.75, 3.05) is 0 Å². The maximum atomic E-state index is 11.3. The summed E-state index contributed by atoms with van der Waals surface area (Å²) in [6.45, 7) is 0. The predicted molar refractivity (Wildman–Crippen MR) is 70.9 cm³/mol. The average molecular weight is 239 g/mol. The van der Waals surface area contributed by atoms with Gasteiger partial charge in [-0.1, -0.05) is 24.3 Å². The second-order valence-corrected chi connectivity index (χ2v) is 4.04. The molecule has 18 heavy (non-hydrogen) atoms. The molecule has 0 atom stereocenters. The molecule has 3 nitrogen and oxygen atoms in total. The SMILES string of the molecule is NC(=O)c1ccccc1C[CH]Cc1ccccn1. The van der Waals surface area contributed by atoms with Crippen LogP contribution in [0.3, 0.4) is 0 Å². The number of nitrogens with zero attached hydrogens (tertiary/aromatic N) is 1. The van der Waals surface area contributed by atoms with Crippen LogP contribution in [0.5, 0.6) is 0 Å². The van der Waals surface area contributed by atoms with Crippen LogP contribution in [0, 0.1) is 6.42 Å². The van der Waals surface area contributed by atoms with Crippen molar-refractivity contribution >= 4 is 5.91 Å². The van der Waals surface area contributed by atoms with Gasteiger partial charge >= 0.3 is 0 Å². The van der Waals surface area contributed by atoms with Crippen LogP contribution in [0.25, 0.3) is 0 Å². The van der Waals surface area contributed by atoms with E-state index in [1.165, 1.54) is 0 Å². The summed E-state index contributed by atoms with van der Waals surface area (Å²) in [7, 11) is 0. The maximum absolute atomic E-state index is 11.3. The lowest BCUT2D eigenvalue weighted by atomic mass is 10.0. The molecule has 2 aromatic rings. The summed E-state index contributed by atoms with van der Waals surface area (Å²) in [4.78, 5) is 15.5. The van der Waals surface area contributed by atoms with Crippen molar-refractivity contribution in [3.05, 3.63) is 71.9 Å². The van der Waals surface area contributed by atoms with E-state index in [0.717, 1.165) is 24.1 Å². The van der Waals surface area contributed by atoms with Gasteiger partial charge in [-0.15, -0.1) is 0 Å². The van der Waals surface area contributed by atoms with E-state index in [-0.39, 0.29) is 5.91 Å². The molecule has 0 aliphatic rings. The Balaban J connectivity index is 1.97. The molecule has 0 fully saturated rings. The third-order valence-corrected chi connectivity index (χ3v) is 2.73. The first-order valence-electron chi connectivity index (χ1n) is 5.86. The lowest BCUT2D eigenvalue weighted by Gasteiger charge is -2.05. The van der Waals surface area contributed by atoms with Gasteiger partial charge in [-0.05, 0) is 43.0 Å². The molecule has 0 aliphatic heterocycles. The number of nitrogens with two attached hydrogens (primary N) is 1. The van der Waals surface area contributed by atoms with Gasteiger partial charge in [-0.25, -0.2) is 0 Å². The number of rotatable bonds is 5. The molecule has 91 valence electrons. The van der Waals surface area contributed by atoms with Gasteiger partial charge in [0, 0.05) is 17.5 Å². The van der Waals surface area contributed by atoms with Crippen LogP contribution in [-0.2, 0) is 12.8 Å². The monoisotopic (exact) mass is 239 g/mol. The van der Waals surface area contributed by atoms with Gasteiger partial charge in [0.1, 0.15) is 0 Å². The van der Waals surface area contributed by atoms with Crippen molar-refractivity contribution < 1.29 is 4.79 Å². The van der Waals surface area contributed by atoms with Crippen molar-refractivity contribution in [1.29, 1.82) is 0 Å². The summed E-state index contributed by atoms with van der Waals surface area (Å²) >= 11 is 0. The Hall–Kier alpha value is -2.16. The van der Waals surface area contributed by atoms with Crippen LogP contribution < -0.4 is 5.73 Å². The van der Waals surface area contributed by atoms with Crippen molar-refractivity contribution in [3.8, 4) is 0 Å². The summed E-state index contributed by atoms with van der Waals surface area (Å²) in [6.07, 6.45) is 5.38. The summed E-state index contributed by atoms with van der Waals surface area (Å²) in [6, 6.07) is 13.3. The zero-order valence-corrected chi connectivity index (χ0v) is 10.0. The molecule has 3 heteroatoms. The molecule has 0 unspecified atom stereocenters. The third kappa shape index (κ3) is 3.17. The number of pyridine rings is 1. The predicted octanol–water partition coefficient (Wildman–Crippen LogP) is 2.17. The number of aromatic nitrogens is 1. The molecule has 1 amide bonds. The summed E-state index contributed by atoms with van der Waals surface area (Å²) in [5.74, 6) is -0.378. The first-order valence-corrected chi connectivity index (χ1v) is 5.86. The Kier molecular flexibility index (Phi) is 4.07. The lowest BCUT2D eigenvalue weighted by molar-refractivity contribution is 0.0999. The quantitative estimate of drug-likeness (QED) is 0.869. The molecule has 1 heterocycles. The van der Waals surface area contributed by atoms with Gasteiger partial charge < -0.3 is 5.73 Å². The molecule has 1 radical (unpaired) electrons.